The van der Waals surface area contributed by atoms with Crippen LogP contribution in [0.3, 0.4) is 0 Å². The van der Waals surface area contributed by atoms with Crippen LogP contribution in [0.1, 0.15) is 38.8 Å². The normalized spacial score (nSPS) is 12.6. The van der Waals surface area contributed by atoms with E-state index in [0.717, 1.165) is 38.0 Å². The lowest BCUT2D eigenvalue weighted by atomic mass is 9.86. The highest BCUT2D eigenvalue weighted by Gasteiger charge is 2.22. The Morgan fingerprint density at radius 3 is 2.89 bits per heavy atom. The summed E-state index contributed by atoms with van der Waals surface area (Å²) in [6.07, 6.45) is 6.27. The lowest BCUT2D eigenvalue weighted by Crippen LogP contribution is -2.32. The third-order valence-electron chi connectivity index (χ3n) is 3.16. The fourth-order valence-corrected chi connectivity index (χ4v) is 1.72. The van der Waals surface area contributed by atoms with Crippen molar-refractivity contribution in [3.05, 3.63) is 24.3 Å². The van der Waals surface area contributed by atoms with Crippen LogP contribution in [0.15, 0.2) is 23.7 Å². The van der Waals surface area contributed by atoms with E-state index in [-0.39, 0.29) is 5.41 Å². The minimum atomic E-state index is -0.249. The predicted molar refractivity (Wildman–Crippen MR) is 74.8 cm³/mol. The van der Waals surface area contributed by atoms with E-state index in [0.29, 0.717) is 5.84 Å². The Balaban J connectivity index is 2.12. The molecule has 4 N–H and O–H groups in total. The molecule has 0 aliphatic rings. The van der Waals surface area contributed by atoms with Crippen LogP contribution < -0.4 is 11.1 Å². The van der Waals surface area contributed by atoms with Crippen LogP contribution in [-0.4, -0.2) is 27.6 Å². The van der Waals surface area contributed by atoms with E-state index in [4.69, 9.17) is 10.9 Å². The van der Waals surface area contributed by atoms with Crippen molar-refractivity contribution in [2.45, 2.75) is 39.7 Å². The minimum absolute atomic E-state index is 0.249. The Hall–Kier alpha value is -1.69. The van der Waals surface area contributed by atoms with Gasteiger partial charge in [0.2, 0.25) is 0 Å². The van der Waals surface area contributed by atoms with Gasteiger partial charge in [-0.05, 0) is 25.5 Å². The van der Waals surface area contributed by atoms with Gasteiger partial charge in [-0.15, -0.1) is 0 Å². The van der Waals surface area contributed by atoms with Crippen molar-refractivity contribution in [2.75, 3.05) is 6.54 Å². The molecular formula is C13H23N5O. The summed E-state index contributed by atoms with van der Waals surface area (Å²) in [5, 5.41) is 15.1. The molecule has 0 saturated carbocycles. The highest BCUT2D eigenvalue weighted by molar-refractivity contribution is 5.85. The van der Waals surface area contributed by atoms with E-state index in [9.17, 15) is 0 Å². The smallest absolute Gasteiger partial charge is 0.144 e. The van der Waals surface area contributed by atoms with E-state index >= 15 is 0 Å². The molecule has 6 nitrogen and oxygen atoms in total. The molecule has 0 atom stereocenters. The Bertz CT molecular complexity index is 391. The van der Waals surface area contributed by atoms with E-state index in [2.05, 4.69) is 20.4 Å². The maximum Gasteiger partial charge on any atom is 0.144 e. The molecule has 1 heterocycles. The average molecular weight is 265 g/mol. The molecule has 0 aromatic carbocycles. The number of oxime groups is 1. The second kappa shape index (κ2) is 7.68. The van der Waals surface area contributed by atoms with Crippen molar-refractivity contribution in [1.82, 2.24) is 15.3 Å². The summed E-state index contributed by atoms with van der Waals surface area (Å²) < 4.78 is 0. The van der Waals surface area contributed by atoms with Crippen LogP contribution in [0.4, 0.5) is 0 Å². The number of hydrogen-bond acceptors (Lipinski definition) is 5. The summed E-state index contributed by atoms with van der Waals surface area (Å²) >= 11 is 0. The third kappa shape index (κ3) is 5.65. The fourth-order valence-electron chi connectivity index (χ4n) is 1.72. The van der Waals surface area contributed by atoms with E-state index in [1.54, 1.807) is 12.5 Å². The van der Waals surface area contributed by atoms with Crippen LogP contribution in [0.2, 0.25) is 0 Å². The summed E-state index contributed by atoms with van der Waals surface area (Å²) in [7, 11) is 0. The number of nitrogens with zero attached hydrogens (tertiary/aromatic N) is 3. The quantitative estimate of drug-likeness (QED) is 0.218. The van der Waals surface area contributed by atoms with Crippen molar-refractivity contribution < 1.29 is 5.21 Å². The molecular weight excluding hydrogens is 242 g/mol. The predicted octanol–water partition coefficient (Wildman–Crippen LogP) is 1.51. The van der Waals surface area contributed by atoms with Gasteiger partial charge in [-0.1, -0.05) is 25.4 Å². The summed E-state index contributed by atoms with van der Waals surface area (Å²) in [5.74, 6) is 0.293. The fraction of sp³-hybridized carbons (Fsp3) is 0.615. The maximum absolute atomic E-state index is 8.68. The number of nitrogens with one attached hydrogen (secondary N) is 1. The molecule has 106 valence electrons. The van der Waals surface area contributed by atoms with Gasteiger partial charge in [-0.3, -0.25) is 0 Å². The molecule has 0 bridgehead atoms. The van der Waals surface area contributed by atoms with Gasteiger partial charge in [0.1, 0.15) is 12.2 Å². The number of unbranched alkanes of at least 4 members (excludes halogenated alkanes) is 1. The minimum Gasteiger partial charge on any atom is -0.409 e. The first kappa shape index (κ1) is 15.4. The van der Waals surface area contributed by atoms with Crippen LogP contribution in [-0.2, 0) is 6.54 Å². The van der Waals surface area contributed by atoms with Crippen molar-refractivity contribution in [1.29, 1.82) is 0 Å². The van der Waals surface area contributed by atoms with Gasteiger partial charge in [-0.2, -0.15) is 0 Å². The molecule has 0 radical (unpaired) electrons. The zero-order valence-corrected chi connectivity index (χ0v) is 11.6. The highest BCUT2D eigenvalue weighted by Crippen LogP contribution is 2.22. The zero-order valence-electron chi connectivity index (χ0n) is 11.6. The topological polar surface area (TPSA) is 96.4 Å². The summed E-state index contributed by atoms with van der Waals surface area (Å²) in [6, 6.07) is 1.90. The van der Waals surface area contributed by atoms with Gasteiger partial charge in [-0.25, -0.2) is 9.97 Å². The largest absolute Gasteiger partial charge is 0.409 e. The zero-order chi connectivity index (χ0) is 14.1. The van der Waals surface area contributed by atoms with Gasteiger partial charge in [0, 0.05) is 18.2 Å². The van der Waals surface area contributed by atoms with E-state index < -0.39 is 0 Å². The number of amidine groups is 1. The first-order chi connectivity index (χ1) is 9.06. The number of rotatable bonds is 8. The molecule has 0 aliphatic carbocycles. The van der Waals surface area contributed by atoms with Crippen LogP contribution >= 0.6 is 0 Å². The van der Waals surface area contributed by atoms with Crippen LogP contribution in [0, 0.1) is 5.41 Å². The standard InChI is InChI=1S/C13H23N5O/c1-13(2,12(14)18-19)6-3-4-7-15-9-11-5-8-16-10-17-11/h5,8,10,15,19H,3-4,6-7,9H2,1-2H3,(H2,14,18). The molecule has 0 unspecified atom stereocenters. The summed E-state index contributed by atoms with van der Waals surface area (Å²) in [6.45, 7) is 5.65. The number of nitrogens with two attached hydrogens (primary N) is 1. The molecule has 0 spiro atoms. The Labute approximate surface area is 114 Å². The Morgan fingerprint density at radius 2 is 2.26 bits per heavy atom. The van der Waals surface area contributed by atoms with Gasteiger partial charge in [0.25, 0.3) is 0 Å². The Kier molecular flexibility index (Phi) is 6.21. The van der Waals surface area contributed by atoms with Crippen molar-refractivity contribution in [3.63, 3.8) is 0 Å². The molecule has 19 heavy (non-hydrogen) atoms. The molecule has 6 heteroatoms. The van der Waals surface area contributed by atoms with Crippen molar-refractivity contribution >= 4 is 5.84 Å². The van der Waals surface area contributed by atoms with Crippen molar-refractivity contribution in [3.8, 4) is 0 Å². The SMILES string of the molecule is CC(C)(CCCCNCc1ccncn1)/C(N)=N/O. The monoisotopic (exact) mass is 265 g/mol. The first-order valence-corrected chi connectivity index (χ1v) is 6.50. The van der Waals surface area contributed by atoms with Crippen LogP contribution in [0.5, 0.6) is 0 Å². The molecule has 1 rings (SSSR count). The maximum atomic E-state index is 8.68. The van der Waals surface area contributed by atoms with E-state index in [1.807, 2.05) is 19.9 Å². The summed E-state index contributed by atoms with van der Waals surface area (Å²) in [5.41, 5.74) is 6.38. The molecule has 0 saturated heterocycles. The second-order valence-corrected chi connectivity index (χ2v) is 5.20. The molecule has 1 aromatic rings. The van der Waals surface area contributed by atoms with Gasteiger partial charge < -0.3 is 16.3 Å². The van der Waals surface area contributed by atoms with Gasteiger partial charge >= 0.3 is 0 Å². The molecule has 0 amide bonds. The van der Waals surface area contributed by atoms with Crippen LogP contribution in [0.25, 0.3) is 0 Å². The lowest BCUT2D eigenvalue weighted by molar-refractivity contribution is 0.304. The lowest BCUT2D eigenvalue weighted by Gasteiger charge is -2.22. The molecule has 0 fully saturated rings. The number of aromatic nitrogens is 2. The molecule has 1 aromatic heterocycles. The first-order valence-electron chi connectivity index (χ1n) is 6.50. The third-order valence-corrected chi connectivity index (χ3v) is 3.16. The second-order valence-electron chi connectivity index (χ2n) is 5.20. The van der Waals surface area contributed by atoms with Gasteiger partial charge in [0.05, 0.1) is 5.69 Å². The van der Waals surface area contributed by atoms with Gasteiger partial charge in [0.15, 0.2) is 0 Å². The van der Waals surface area contributed by atoms with E-state index in [1.165, 1.54) is 0 Å². The average Bonchev–Trinajstić information content (AvgIpc) is 2.42. The molecule has 0 aliphatic heterocycles. The van der Waals surface area contributed by atoms with Crippen molar-refractivity contribution in [2.24, 2.45) is 16.3 Å². The summed E-state index contributed by atoms with van der Waals surface area (Å²) in [4.78, 5) is 8.01. The number of hydrogen-bond donors (Lipinski definition) is 3. The highest BCUT2D eigenvalue weighted by atomic mass is 16.4. The Morgan fingerprint density at radius 1 is 1.47 bits per heavy atom.